The molecule has 1 N–H and O–H groups in total. The quantitative estimate of drug-likeness (QED) is 0.179. The Morgan fingerprint density at radius 3 is 2.68 bits per heavy atom. The van der Waals surface area contributed by atoms with Gasteiger partial charge in [0.1, 0.15) is 5.75 Å². The SMILES string of the molecule is CCCCCCOc1ccccc1C(=O)/C=N\n1c(CCc2ccccc2)n[nH]c1=S. The molecule has 0 aliphatic heterocycles. The summed E-state index contributed by atoms with van der Waals surface area (Å²) in [7, 11) is 0. The van der Waals surface area contributed by atoms with Crippen LogP contribution in [0.2, 0.25) is 0 Å². The molecule has 0 radical (unpaired) electrons. The van der Waals surface area contributed by atoms with E-state index in [2.05, 4.69) is 34.4 Å². The summed E-state index contributed by atoms with van der Waals surface area (Å²) in [5, 5.41) is 11.3. The molecule has 0 fully saturated rings. The molecule has 0 amide bonds. The normalized spacial score (nSPS) is 11.1. The molecule has 3 aromatic rings. The number of nitrogens with one attached hydrogen (secondary N) is 1. The van der Waals surface area contributed by atoms with Gasteiger partial charge in [0, 0.05) is 6.42 Å². The van der Waals surface area contributed by atoms with E-state index >= 15 is 0 Å². The fourth-order valence-corrected chi connectivity index (χ4v) is 3.39. The highest BCUT2D eigenvalue weighted by atomic mass is 32.1. The second kappa shape index (κ2) is 12.0. The van der Waals surface area contributed by atoms with Crippen LogP contribution in [0.15, 0.2) is 59.7 Å². The van der Waals surface area contributed by atoms with Gasteiger partial charge in [0.05, 0.1) is 18.4 Å². The first-order chi connectivity index (χ1) is 15.2. The lowest BCUT2D eigenvalue weighted by molar-refractivity contribution is 0.106. The average molecular weight is 437 g/mol. The molecule has 2 aromatic carbocycles. The summed E-state index contributed by atoms with van der Waals surface area (Å²) in [6, 6.07) is 17.4. The summed E-state index contributed by atoms with van der Waals surface area (Å²) in [6.45, 7) is 2.77. The first-order valence-electron chi connectivity index (χ1n) is 10.7. The van der Waals surface area contributed by atoms with E-state index in [-0.39, 0.29) is 5.78 Å². The highest BCUT2D eigenvalue weighted by Gasteiger charge is 2.11. The number of rotatable bonds is 12. The van der Waals surface area contributed by atoms with Crippen molar-refractivity contribution in [3.8, 4) is 5.75 Å². The number of aromatic amines is 1. The second-order valence-electron chi connectivity index (χ2n) is 7.26. The lowest BCUT2D eigenvalue weighted by Crippen LogP contribution is -2.08. The molecule has 0 atom stereocenters. The molecule has 162 valence electrons. The predicted molar refractivity (Wildman–Crippen MR) is 126 cm³/mol. The molecule has 7 heteroatoms. The fourth-order valence-electron chi connectivity index (χ4n) is 3.19. The number of carbonyl (C=O) groups is 1. The zero-order valence-electron chi connectivity index (χ0n) is 17.8. The van der Waals surface area contributed by atoms with E-state index in [4.69, 9.17) is 17.0 Å². The Bertz CT molecular complexity index is 1060. The Labute approximate surface area is 188 Å². The van der Waals surface area contributed by atoms with Gasteiger partial charge >= 0.3 is 0 Å². The number of nitrogens with zero attached hydrogens (tertiary/aromatic N) is 3. The summed E-state index contributed by atoms with van der Waals surface area (Å²) in [6.07, 6.45) is 7.19. The zero-order valence-corrected chi connectivity index (χ0v) is 18.6. The lowest BCUT2D eigenvalue weighted by Gasteiger charge is -2.09. The first-order valence-corrected chi connectivity index (χ1v) is 11.1. The van der Waals surface area contributed by atoms with Crippen LogP contribution in [0.25, 0.3) is 0 Å². The van der Waals surface area contributed by atoms with Crippen LogP contribution in [0.5, 0.6) is 5.75 Å². The summed E-state index contributed by atoms with van der Waals surface area (Å²) in [5.41, 5.74) is 1.69. The summed E-state index contributed by atoms with van der Waals surface area (Å²) in [5.74, 6) is 1.02. The molecular weight excluding hydrogens is 408 g/mol. The number of aryl methyl sites for hydroxylation is 2. The van der Waals surface area contributed by atoms with Gasteiger partial charge in [-0.2, -0.15) is 14.9 Å². The largest absolute Gasteiger partial charge is 0.493 e. The van der Waals surface area contributed by atoms with E-state index < -0.39 is 0 Å². The van der Waals surface area contributed by atoms with E-state index in [1.54, 1.807) is 6.07 Å². The molecule has 6 nitrogen and oxygen atoms in total. The van der Waals surface area contributed by atoms with Crippen LogP contribution >= 0.6 is 12.2 Å². The van der Waals surface area contributed by atoms with Crippen LogP contribution < -0.4 is 4.74 Å². The Morgan fingerprint density at radius 2 is 1.87 bits per heavy atom. The van der Waals surface area contributed by atoms with Gasteiger partial charge in [0.2, 0.25) is 10.6 Å². The van der Waals surface area contributed by atoms with E-state index in [0.29, 0.717) is 34.9 Å². The maximum atomic E-state index is 12.8. The van der Waals surface area contributed by atoms with Crippen molar-refractivity contribution in [1.29, 1.82) is 0 Å². The number of aromatic nitrogens is 3. The molecule has 1 aromatic heterocycles. The summed E-state index contributed by atoms with van der Waals surface area (Å²) >= 11 is 5.29. The smallest absolute Gasteiger partial charge is 0.216 e. The van der Waals surface area contributed by atoms with Crippen molar-refractivity contribution in [2.75, 3.05) is 6.61 Å². The molecule has 3 rings (SSSR count). The average Bonchev–Trinajstić information content (AvgIpc) is 3.16. The Balaban J connectivity index is 1.66. The number of para-hydroxylation sites is 1. The number of unbranched alkanes of at least 4 members (excludes halogenated alkanes) is 3. The number of hydrogen-bond donors (Lipinski definition) is 1. The van der Waals surface area contributed by atoms with Gasteiger partial charge < -0.3 is 4.74 Å². The minimum absolute atomic E-state index is 0.235. The Hall–Kier alpha value is -3.06. The zero-order chi connectivity index (χ0) is 21.9. The fraction of sp³-hybridized carbons (Fsp3) is 0.333. The van der Waals surface area contributed by atoms with Crippen LogP contribution in [0, 0.1) is 4.77 Å². The molecule has 0 aliphatic rings. The maximum absolute atomic E-state index is 12.8. The molecular formula is C24H28N4O2S. The van der Waals surface area contributed by atoms with Gasteiger partial charge in [-0.3, -0.25) is 9.89 Å². The monoisotopic (exact) mass is 436 g/mol. The molecule has 0 bridgehead atoms. The highest BCUT2D eigenvalue weighted by molar-refractivity contribution is 7.71. The summed E-state index contributed by atoms with van der Waals surface area (Å²) < 4.78 is 7.71. The second-order valence-corrected chi connectivity index (χ2v) is 7.64. The lowest BCUT2D eigenvalue weighted by atomic mass is 10.1. The van der Waals surface area contributed by atoms with Crippen LogP contribution in [-0.2, 0) is 12.8 Å². The number of H-pyrrole nitrogens is 1. The van der Waals surface area contributed by atoms with Crippen molar-refractivity contribution in [3.63, 3.8) is 0 Å². The van der Waals surface area contributed by atoms with Crippen molar-refractivity contribution in [2.45, 2.75) is 45.4 Å². The summed E-state index contributed by atoms with van der Waals surface area (Å²) in [4.78, 5) is 12.8. The van der Waals surface area contributed by atoms with Crippen molar-refractivity contribution in [1.82, 2.24) is 14.9 Å². The predicted octanol–water partition coefficient (Wildman–Crippen LogP) is 5.40. The van der Waals surface area contributed by atoms with Crippen LogP contribution in [0.1, 0.15) is 54.4 Å². The van der Waals surface area contributed by atoms with Crippen molar-refractivity contribution in [3.05, 3.63) is 76.3 Å². The number of carbonyl (C=O) groups excluding carboxylic acids is 1. The first kappa shape index (κ1) is 22.6. The van der Waals surface area contributed by atoms with Gasteiger partial charge in [-0.1, -0.05) is 68.7 Å². The highest BCUT2D eigenvalue weighted by Crippen LogP contribution is 2.19. The molecule has 0 spiro atoms. The molecule has 0 aliphatic carbocycles. The van der Waals surface area contributed by atoms with Crippen molar-refractivity contribution >= 4 is 24.2 Å². The van der Waals surface area contributed by atoms with E-state index in [9.17, 15) is 4.79 Å². The van der Waals surface area contributed by atoms with Crippen LogP contribution in [-0.4, -0.2) is 33.5 Å². The molecule has 0 saturated heterocycles. The third kappa shape index (κ3) is 6.72. The minimum Gasteiger partial charge on any atom is -0.493 e. The minimum atomic E-state index is -0.235. The molecule has 0 saturated carbocycles. The van der Waals surface area contributed by atoms with Gasteiger partial charge in [-0.05, 0) is 42.8 Å². The maximum Gasteiger partial charge on any atom is 0.216 e. The van der Waals surface area contributed by atoms with Crippen LogP contribution in [0.3, 0.4) is 0 Å². The van der Waals surface area contributed by atoms with Gasteiger partial charge in [0.15, 0.2) is 5.82 Å². The molecule has 0 unspecified atom stereocenters. The third-order valence-corrected chi connectivity index (χ3v) is 5.16. The number of hydrogen-bond acceptors (Lipinski definition) is 5. The third-order valence-electron chi connectivity index (χ3n) is 4.90. The van der Waals surface area contributed by atoms with E-state index in [1.165, 1.54) is 29.3 Å². The topological polar surface area (TPSA) is 72.3 Å². The van der Waals surface area contributed by atoms with Crippen molar-refractivity contribution < 1.29 is 9.53 Å². The molecule has 31 heavy (non-hydrogen) atoms. The Morgan fingerprint density at radius 1 is 1.10 bits per heavy atom. The standard InChI is InChI=1S/C24H28N4O2S/c1-2-3-4-10-17-30-22-14-9-8-13-20(22)21(29)18-25-28-23(26-27-24(28)31)16-15-19-11-6-5-7-12-19/h5-9,11-14,18H,2-4,10,15-17H2,1H3,(H,27,31)/b25-18-. The Kier molecular flexibility index (Phi) is 8.72. The van der Waals surface area contributed by atoms with Crippen molar-refractivity contribution in [2.24, 2.45) is 5.10 Å². The van der Waals surface area contributed by atoms with Gasteiger partial charge in [0.25, 0.3) is 0 Å². The number of ketones is 1. The molecule has 1 heterocycles. The number of ether oxygens (including phenoxy) is 1. The van der Waals surface area contributed by atoms with Gasteiger partial charge in [-0.15, -0.1) is 0 Å². The van der Waals surface area contributed by atoms with E-state index in [0.717, 1.165) is 19.3 Å². The van der Waals surface area contributed by atoms with Gasteiger partial charge in [-0.25, -0.2) is 0 Å². The van der Waals surface area contributed by atoms with Crippen LogP contribution in [0.4, 0.5) is 0 Å². The number of benzene rings is 2. The number of Topliss-reactive ketones (excluding diaryl/α,β-unsaturated/α-hetero) is 1. The van der Waals surface area contributed by atoms with E-state index in [1.807, 2.05) is 36.4 Å².